The third-order valence-electron chi connectivity index (χ3n) is 4.44. The standard InChI is InChI=1S/C20H20BrN3O5S/c1-2-29-20(28)16-13-5-3-4-6-15(13)30-19(16)23-17(26)18(27)24-22-10-11-9-12(21)7-8-14(11)25/h7-10,25H,2-6H2,1H3,(H,23,26)(H,24,27)/b22-10-. The second-order valence-electron chi connectivity index (χ2n) is 6.49. The van der Waals surface area contributed by atoms with Crippen molar-refractivity contribution in [2.24, 2.45) is 5.10 Å². The van der Waals surface area contributed by atoms with Gasteiger partial charge in [-0.2, -0.15) is 5.10 Å². The second-order valence-corrected chi connectivity index (χ2v) is 8.51. The molecule has 0 bridgehead atoms. The van der Waals surface area contributed by atoms with Crippen LogP contribution < -0.4 is 10.7 Å². The van der Waals surface area contributed by atoms with Gasteiger partial charge in [0.2, 0.25) is 0 Å². The largest absolute Gasteiger partial charge is 0.507 e. The zero-order valence-corrected chi connectivity index (χ0v) is 18.6. The molecule has 1 aliphatic carbocycles. The number of benzene rings is 1. The molecule has 1 aliphatic rings. The van der Waals surface area contributed by atoms with Crippen molar-refractivity contribution in [2.45, 2.75) is 32.6 Å². The number of aromatic hydroxyl groups is 1. The van der Waals surface area contributed by atoms with Crippen LogP contribution in [0.25, 0.3) is 0 Å². The van der Waals surface area contributed by atoms with Gasteiger partial charge in [-0.1, -0.05) is 15.9 Å². The molecule has 3 rings (SSSR count). The zero-order chi connectivity index (χ0) is 21.7. The Morgan fingerprint density at radius 1 is 1.27 bits per heavy atom. The summed E-state index contributed by atoms with van der Waals surface area (Å²) in [5.74, 6) is -2.48. The molecule has 8 nitrogen and oxygen atoms in total. The van der Waals surface area contributed by atoms with Gasteiger partial charge in [0, 0.05) is 14.9 Å². The van der Waals surface area contributed by atoms with Crippen LogP contribution in [-0.4, -0.2) is 35.7 Å². The van der Waals surface area contributed by atoms with Crippen molar-refractivity contribution in [3.05, 3.63) is 44.2 Å². The number of hydrogen-bond donors (Lipinski definition) is 3. The molecule has 2 amide bonds. The maximum atomic E-state index is 12.4. The van der Waals surface area contributed by atoms with Gasteiger partial charge in [0.05, 0.1) is 18.4 Å². The summed E-state index contributed by atoms with van der Waals surface area (Å²) in [6.07, 6.45) is 4.76. The van der Waals surface area contributed by atoms with Gasteiger partial charge in [0.25, 0.3) is 0 Å². The first-order valence-corrected chi connectivity index (χ1v) is 11.0. The highest BCUT2D eigenvalue weighted by molar-refractivity contribution is 9.10. The Bertz CT molecular complexity index is 1020. The maximum Gasteiger partial charge on any atom is 0.341 e. The van der Waals surface area contributed by atoms with Crippen molar-refractivity contribution in [1.29, 1.82) is 0 Å². The first-order chi connectivity index (χ1) is 14.4. The Kier molecular flexibility index (Phi) is 7.22. The summed E-state index contributed by atoms with van der Waals surface area (Å²) >= 11 is 4.57. The number of fused-ring (bicyclic) bond motifs is 1. The van der Waals surface area contributed by atoms with Crippen LogP contribution in [0.3, 0.4) is 0 Å². The topological polar surface area (TPSA) is 117 Å². The van der Waals surface area contributed by atoms with Crippen molar-refractivity contribution in [3.63, 3.8) is 0 Å². The molecule has 3 N–H and O–H groups in total. The van der Waals surface area contributed by atoms with E-state index in [1.807, 2.05) is 0 Å². The summed E-state index contributed by atoms with van der Waals surface area (Å²) in [7, 11) is 0. The molecule has 0 unspecified atom stereocenters. The smallest absolute Gasteiger partial charge is 0.341 e. The molecule has 1 aromatic heterocycles. The van der Waals surface area contributed by atoms with E-state index in [0.29, 0.717) is 16.1 Å². The van der Waals surface area contributed by atoms with E-state index in [1.165, 1.54) is 23.6 Å². The third kappa shape index (κ3) is 5.06. The quantitative estimate of drug-likeness (QED) is 0.255. The van der Waals surface area contributed by atoms with Crippen LogP contribution in [0, 0.1) is 0 Å². The van der Waals surface area contributed by atoms with Crippen LogP contribution in [0.5, 0.6) is 5.75 Å². The Labute approximate surface area is 185 Å². The van der Waals surface area contributed by atoms with Crippen molar-refractivity contribution in [1.82, 2.24) is 5.43 Å². The number of phenolic OH excluding ortho intramolecular Hbond substituents is 1. The number of amides is 2. The minimum Gasteiger partial charge on any atom is -0.507 e. The van der Waals surface area contributed by atoms with Gasteiger partial charge in [-0.15, -0.1) is 11.3 Å². The predicted octanol–water partition coefficient (Wildman–Crippen LogP) is 3.36. The van der Waals surface area contributed by atoms with Crippen LogP contribution in [-0.2, 0) is 27.2 Å². The van der Waals surface area contributed by atoms with E-state index in [-0.39, 0.29) is 12.4 Å². The van der Waals surface area contributed by atoms with Crippen molar-refractivity contribution in [3.8, 4) is 5.75 Å². The van der Waals surface area contributed by atoms with E-state index in [1.54, 1.807) is 19.1 Å². The predicted molar refractivity (Wildman–Crippen MR) is 117 cm³/mol. The van der Waals surface area contributed by atoms with Gasteiger partial charge in [-0.05, 0) is 56.4 Å². The van der Waals surface area contributed by atoms with E-state index >= 15 is 0 Å². The Morgan fingerprint density at radius 3 is 2.80 bits per heavy atom. The number of thiophene rings is 1. The summed E-state index contributed by atoms with van der Waals surface area (Å²) in [6.45, 7) is 1.93. The van der Waals surface area contributed by atoms with E-state index in [4.69, 9.17) is 4.74 Å². The summed E-state index contributed by atoms with van der Waals surface area (Å²) < 4.78 is 5.86. The number of halogens is 1. The molecule has 2 aromatic rings. The van der Waals surface area contributed by atoms with E-state index in [2.05, 4.69) is 31.8 Å². The summed E-state index contributed by atoms with van der Waals surface area (Å²) in [5.41, 5.74) is 3.70. The minimum absolute atomic E-state index is 0.0242. The number of phenols is 1. The molecular weight excluding hydrogens is 474 g/mol. The van der Waals surface area contributed by atoms with Gasteiger partial charge < -0.3 is 15.2 Å². The number of nitrogens with zero attached hydrogens (tertiary/aromatic N) is 1. The van der Waals surface area contributed by atoms with Crippen LogP contribution >= 0.6 is 27.3 Å². The average Bonchev–Trinajstić information content (AvgIpc) is 3.08. The number of anilines is 1. The first-order valence-electron chi connectivity index (χ1n) is 9.35. The molecule has 1 aromatic carbocycles. The fraction of sp³-hybridized carbons (Fsp3) is 0.300. The number of nitrogens with one attached hydrogen (secondary N) is 2. The van der Waals surface area contributed by atoms with Crippen LogP contribution in [0.1, 0.15) is 46.1 Å². The fourth-order valence-corrected chi connectivity index (χ4v) is 4.72. The lowest BCUT2D eigenvalue weighted by molar-refractivity contribution is -0.136. The highest BCUT2D eigenvalue weighted by Gasteiger charge is 2.28. The van der Waals surface area contributed by atoms with Crippen molar-refractivity contribution in [2.75, 3.05) is 11.9 Å². The Morgan fingerprint density at radius 2 is 2.03 bits per heavy atom. The monoisotopic (exact) mass is 493 g/mol. The van der Waals surface area contributed by atoms with E-state index < -0.39 is 17.8 Å². The SMILES string of the molecule is CCOC(=O)c1c(NC(=O)C(=O)N/N=C\c2cc(Br)ccc2O)sc2c1CCCC2. The number of ether oxygens (including phenoxy) is 1. The molecule has 0 saturated heterocycles. The minimum atomic E-state index is -0.998. The molecule has 10 heteroatoms. The highest BCUT2D eigenvalue weighted by atomic mass is 79.9. The van der Waals surface area contributed by atoms with E-state index in [0.717, 1.165) is 40.6 Å². The van der Waals surface area contributed by atoms with Gasteiger partial charge in [-0.3, -0.25) is 9.59 Å². The number of hydrazone groups is 1. The number of aryl methyl sites for hydroxylation is 1. The highest BCUT2D eigenvalue weighted by Crippen LogP contribution is 2.38. The molecule has 1 heterocycles. The van der Waals surface area contributed by atoms with Crippen LogP contribution in [0.2, 0.25) is 0 Å². The second kappa shape index (κ2) is 9.86. The number of rotatable bonds is 5. The molecule has 0 spiro atoms. The average molecular weight is 494 g/mol. The Hall–Kier alpha value is -2.72. The number of carbonyl (C=O) groups excluding carboxylic acids is 3. The van der Waals surface area contributed by atoms with Crippen molar-refractivity contribution < 1.29 is 24.2 Å². The summed E-state index contributed by atoms with van der Waals surface area (Å²) in [5, 5.41) is 16.3. The molecule has 0 radical (unpaired) electrons. The molecule has 158 valence electrons. The molecule has 0 fully saturated rings. The number of esters is 1. The molecule has 0 saturated carbocycles. The molecule has 0 atom stereocenters. The van der Waals surface area contributed by atoms with Gasteiger partial charge in [0.1, 0.15) is 10.8 Å². The summed E-state index contributed by atoms with van der Waals surface area (Å²) in [6, 6.07) is 4.72. The lowest BCUT2D eigenvalue weighted by Gasteiger charge is -2.12. The molecule has 30 heavy (non-hydrogen) atoms. The summed E-state index contributed by atoms with van der Waals surface area (Å²) in [4.78, 5) is 37.9. The van der Waals surface area contributed by atoms with Gasteiger partial charge in [0.15, 0.2) is 0 Å². The number of hydrogen-bond acceptors (Lipinski definition) is 7. The zero-order valence-electron chi connectivity index (χ0n) is 16.2. The fourth-order valence-electron chi connectivity index (χ4n) is 3.07. The third-order valence-corrected chi connectivity index (χ3v) is 6.14. The lowest BCUT2D eigenvalue weighted by atomic mass is 9.95. The van der Waals surface area contributed by atoms with Crippen LogP contribution in [0.4, 0.5) is 5.00 Å². The lowest BCUT2D eigenvalue weighted by Crippen LogP contribution is -2.32. The van der Waals surface area contributed by atoms with E-state index in [9.17, 15) is 19.5 Å². The molecular formula is C20H20BrN3O5S. The van der Waals surface area contributed by atoms with Gasteiger partial charge in [-0.25, -0.2) is 10.2 Å². The van der Waals surface area contributed by atoms with Gasteiger partial charge >= 0.3 is 17.8 Å². The first kappa shape index (κ1) is 22.0. The Balaban J connectivity index is 1.71. The maximum absolute atomic E-state index is 12.4. The number of carbonyl (C=O) groups is 3. The normalized spacial score (nSPS) is 13.0. The van der Waals surface area contributed by atoms with Crippen molar-refractivity contribution >= 4 is 56.3 Å². The van der Waals surface area contributed by atoms with Crippen LogP contribution in [0.15, 0.2) is 27.8 Å². The molecule has 0 aliphatic heterocycles.